The first-order valence-electron chi connectivity index (χ1n) is 4.18. The minimum Gasteiger partial charge on any atom is -0.165 e. The van der Waals surface area contributed by atoms with Crippen molar-refractivity contribution in [1.29, 1.82) is 0 Å². The van der Waals surface area contributed by atoms with Crippen LogP contribution in [0.5, 0.6) is 0 Å². The van der Waals surface area contributed by atoms with Crippen LogP contribution in [0, 0.1) is 6.92 Å². The van der Waals surface area contributed by atoms with Crippen molar-refractivity contribution >= 4 is 11.3 Å². The average molecular weight is 206 g/mol. The number of hydrogen-bond donors (Lipinski definition) is 0. The molecule has 1 aliphatic carbocycles. The molecule has 1 aromatic heterocycles. The molecule has 0 N–H and O–H groups in total. The molecule has 13 heavy (non-hydrogen) atoms. The molecule has 1 aliphatic rings. The lowest BCUT2D eigenvalue weighted by molar-refractivity contribution is -0.134. The second-order valence-electron chi connectivity index (χ2n) is 3.31. The minimum absolute atomic E-state index is 0.391. The number of thiophene rings is 1. The van der Waals surface area contributed by atoms with Gasteiger partial charge in [0, 0.05) is 4.88 Å². The first-order chi connectivity index (χ1) is 6.00. The van der Waals surface area contributed by atoms with Gasteiger partial charge in [0.05, 0.1) is 0 Å². The van der Waals surface area contributed by atoms with Gasteiger partial charge in [0.25, 0.3) is 0 Å². The normalized spacial score (nSPS) is 16.3. The van der Waals surface area contributed by atoms with Gasteiger partial charge in [-0.3, -0.25) is 0 Å². The van der Waals surface area contributed by atoms with Gasteiger partial charge in [-0.15, -0.1) is 11.3 Å². The summed E-state index contributed by atoms with van der Waals surface area (Å²) in [6.07, 6.45) is -1.48. The second-order valence-corrected chi connectivity index (χ2v) is 4.41. The number of alkyl halides is 3. The van der Waals surface area contributed by atoms with Gasteiger partial charge in [-0.05, 0) is 37.3 Å². The Bertz CT molecular complexity index is 335. The molecule has 1 aromatic rings. The molecule has 1 heterocycles. The standard InChI is InChI=1S/C9H9F3S/c1-5-6-3-2-4-7(6)13-8(5)9(10,11)12/h2-4H2,1H3. The van der Waals surface area contributed by atoms with E-state index < -0.39 is 11.1 Å². The summed E-state index contributed by atoms with van der Waals surface area (Å²) in [5, 5.41) is 0. The van der Waals surface area contributed by atoms with Gasteiger partial charge in [0.1, 0.15) is 4.88 Å². The fraction of sp³-hybridized carbons (Fsp3) is 0.556. The summed E-state index contributed by atoms with van der Waals surface area (Å²) in [6, 6.07) is 0. The van der Waals surface area contributed by atoms with Crippen LogP contribution < -0.4 is 0 Å². The van der Waals surface area contributed by atoms with E-state index in [1.165, 1.54) is 0 Å². The maximum Gasteiger partial charge on any atom is 0.425 e. The van der Waals surface area contributed by atoms with Crippen molar-refractivity contribution in [3.05, 3.63) is 20.9 Å². The van der Waals surface area contributed by atoms with Crippen molar-refractivity contribution in [2.45, 2.75) is 32.4 Å². The van der Waals surface area contributed by atoms with Gasteiger partial charge in [-0.25, -0.2) is 0 Å². The van der Waals surface area contributed by atoms with Crippen molar-refractivity contribution < 1.29 is 13.2 Å². The lowest BCUT2D eigenvalue weighted by Crippen LogP contribution is -2.04. The second kappa shape index (κ2) is 2.74. The van der Waals surface area contributed by atoms with E-state index in [2.05, 4.69) is 0 Å². The highest BCUT2D eigenvalue weighted by Crippen LogP contribution is 2.43. The smallest absolute Gasteiger partial charge is 0.165 e. The molecular weight excluding hydrogens is 197 g/mol. The van der Waals surface area contributed by atoms with Crippen LogP contribution in [-0.4, -0.2) is 0 Å². The van der Waals surface area contributed by atoms with Crippen LogP contribution in [0.15, 0.2) is 0 Å². The third kappa shape index (κ3) is 1.37. The number of hydrogen-bond acceptors (Lipinski definition) is 1. The van der Waals surface area contributed by atoms with Crippen molar-refractivity contribution in [3.63, 3.8) is 0 Å². The van der Waals surface area contributed by atoms with Crippen LogP contribution in [-0.2, 0) is 19.0 Å². The monoisotopic (exact) mass is 206 g/mol. The van der Waals surface area contributed by atoms with Gasteiger partial charge < -0.3 is 0 Å². The van der Waals surface area contributed by atoms with Crippen LogP contribution in [0.2, 0.25) is 0 Å². The van der Waals surface area contributed by atoms with Crippen molar-refractivity contribution in [1.82, 2.24) is 0 Å². The molecule has 0 atom stereocenters. The predicted octanol–water partition coefficient (Wildman–Crippen LogP) is 3.56. The first-order valence-corrected chi connectivity index (χ1v) is 5.00. The molecule has 0 spiro atoms. The molecule has 0 fully saturated rings. The molecule has 0 saturated heterocycles. The van der Waals surface area contributed by atoms with Gasteiger partial charge in [0.15, 0.2) is 0 Å². The Balaban J connectivity index is 2.51. The zero-order valence-electron chi connectivity index (χ0n) is 7.16. The van der Waals surface area contributed by atoms with Gasteiger partial charge >= 0.3 is 6.18 Å². The van der Waals surface area contributed by atoms with Crippen LogP contribution in [0.1, 0.15) is 27.3 Å². The lowest BCUT2D eigenvalue weighted by atomic mass is 10.1. The molecule has 0 radical (unpaired) electrons. The zero-order chi connectivity index (χ0) is 9.64. The summed E-state index contributed by atoms with van der Waals surface area (Å²) in [7, 11) is 0. The fourth-order valence-electron chi connectivity index (χ4n) is 1.83. The summed E-state index contributed by atoms with van der Waals surface area (Å²) in [6.45, 7) is 1.59. The molecule has 2 rings (SSSR count). The minimum atomic E-state index is -4.15. The Hall–Kier alpha value is -0.510. The Kier molecular flexibility index (Phi) is 1.91. The molecule has 0 nitrogen and oxygen atoms in total. The summed E-state index contributed by atoms with van der Waals surface area (Å²) in [5.74, 6) is 0. The molecule has 72 valence electrons. The van der Waals surface area contributed by atoms with Crippen LogP contribution in [0.4, 0.5) is 13.2 Å². The van der Waals surface area contributed by atoms with E-state index >= 15 is 0 Å². The number of aryl methyl sites for hydroxylation is 1. The van der Waals surface area contributed by atoms with Crippen molar-refractivity contribution in [2.75, 3.05) is 0 Å². The van der Waals surface area contributed by atoms with Gasteiger partial charge in [-0.1, -0.05) is 0 Å². The maximum absolute atomic E-state index is 12.4. The van der Waals surface area contributed by atoms with E-state index in [1.54, 1.807) is 6.92 Å². The predicted molar refractivity (Wildman–Crippen MR) is 46.1 cm³/mol. The van der Waals surface area contributed by atoms with E-state index in [-0.39, 0.29) is 0 Å². The molecule has 0 saturated carbocycles. The van der Waals surface area contributed by atoms with E-state index in [9.17, 15) is 13.2 Å². The lowest BCUT2D eigenvalue weighted by Gasteiger charge is -2.04. The third-order valence-corrected chi connectivity index (χ3v) is 3.88. The Morgan fingerprint density at radius 3 is 2.46 bits per heavy atom. The van der Waals surface area contributed by atoms with E-state index in [1.807, 2.05) is 0 Å². The Labute approximate surface area is 78.4 Å². The van der Waals surface area contributed by atoms with Crippen LogP contribution in [0.3, 0.4) is 0 Å². The highest BCUT2D eigenvalue weighted by atomic mass is 32.1. The first kappa shape index (κ1) is 9.06. The molecular formula is C9H9F3S. The number of rotatable bonds is 0. The Morgan fingerprint density at radius 2 is 1.92 bits per heavy atom. The zero-order valence-corrected chi connectivity index (χ0v) is 7.98. The summed E-state index contributed by atoms with van der Waals surface area (Å²) in [5.41, 5.74) is 1.42. The molecule has 0 bridgehead atoms. The van der Waals surface area contributed by atoms with Crippen LogP contribution >= 0.6 is 11.3 Å². The van der Waals surface area contributed by atoms with E-state index in [0.717, 1.165) is 41.0 Å². The average Bonchev–Trinajstić information content (AvgIpc) is 2.51. The topological polar surface area (TPSA) is 0 Å². The number of fused-ring (bicyclic) bond motifs is 1. The third-order valence-electron chi connectivity index (χ3n) is 2.44. The van der Waals surface area contributed by atoms with E-state index in [4.69, 9.17) is 0 Å². The highest BCUT2D eigenvalue weighted by molar-refractivity contribution is 7.12. The molecule has 4 heteroatoms. The largest absolute Gasteiger partial charge is 0.425 e. The van der Waals surface area contributed by atoms with Crippen molar-refractivity contribution in [2.24, 2.45) is 0 Å². The van der Waals surface area contributed by atoms with E-state index in [0.29, 0.717) is 5.56 Å². The molecule has 0 aromatic carbocycles. The van der Waals surface area contributed by atoms with Crippen LogP contribution in [0.25, 0.3) is 0 Å². The number of halogens is 3. The SMILES string of the molecule is Cc1c(C(F)(F)F)sc2c1CCC2. The maximum atomic E-state index is 12.4. The fourth-order valence-corrected chi connectivity index (χ4v) is 3.10. The quantitative estimate of drug-likeness (QED) is 0.608. The molecule has 0 amide bonds. The summed E-state index contributed by atoms with van der Waals surface area (Å²) in [4.78, 5) is 0.557. The van der Waals surface area contributed by atoms with Gasteiger partial charge in [-0.2, -0.15) is 13.2 Å². The Morgan fingerprint density at radius 1 is 1.23 bits per heavy atom. The summed E-state index contributed by atoms with van der Waals surface area (Å²) < 4.78 is 37.2. The molecule has 0 unspecified atom stereocenters. The summed E-state index contributed by atoms with van der Waals surface area (Å²) >= 11 is 0.931. The van der Waals surface area contributed by atoms with Gasteiger partial charge in [0.2, 0.25) is 0 Å². The highest BCUT2D eigenvalue weighted by Gasteiger charge is 2.37. The van der Waals surface area contributed by atoms with Crippen molar-refractivity contribution in [3.8, 4) is 0 Å². The molecule has 0 aliphatic heterocycles.